The molecule has 0 saturated heterocycles. The Morgan fingerprint density at radius 2 is 1.93 bits per heavy atom. The zero-order chi connectivity index (χ0) is 11.8. The lowest BCUT2D eigenvalue weighted by atomic mass is 10.3. The van der Waals surface area contributed by atoms with Crippen molar-refractivity contribution in [3.63, 3.8) is 0 Å². The molecule has 4 heteroatoms. The number of rotatable bonds is 2. The van der Waals surface area contributed by atoms with E-state index in [9.17, 15) is 9.59 Å². The minimum atomic E-state index is -0.690. The van der Waals surface area contributed by atoms with E-state index in [-0.39, 0.29) is 6.61 Å². The maximum absolute atomic E-state index is 10.3. The highest BCUT2D eigenvalue weighted by atomic mass is 16.5. The van der Waals surface area contributed by atoms with Gasteiger partial charge in [-0.15, -0.1) is 0 Å². The van der Waals surface area contributed by atoms with Gasteiger partial charge in [-0.1, -0.05) is 20.3 Å². The zero-order valence-electron chi connectivity index (χ0n) is 10.0. The minimum absolute atomic E-state index is 0.277. The summed E-state index contributed by atoms with van der Waals surface area (Å²) >= 11 is 0. The second-order valence-electron chi connectivity index (χ2n) is 3.78. The number of ether oxygens (including phenoxy) is 1. The van der Waals surface area contributed by atoms with Crippen molar-refractivity contribution in [1.82, 2.24) is 5.32 Å². The van der Waals surface area contributed by atoms with Crippen LogP contribution in [-0.4, -0.2) is 18.6 Å². The molecule has 0 heterocycles. The third-order valence-corrected chi connectivity index (χ3v) is 2.35. The Labute approximate surface area is 91.4 Å². The first-order valence-electron chi connectivity index (χ1n) is 5.45. The van der Waals surface area contributed by atoms with Crippen LogP contribution in [0.2, 0.25) is 0 Å². The highest BCUT2D eigenvalue weighted by Gasteiger charge is 2.29. The van der Waals surface area contributed by atoms with Crippen LogP contribution in [0.4, 0.5) is 4.79 Å². The topological polar surface area (TPSA) is 55.4 Å². The molecule has 0 aromatic carbocycles. The molecular formula is C11H21NO3. The first kappa shape index (κ1) is 13.9. The van der Waals surface area contributed by atoms with E-state index in [1.54, 1.807) is 6.92 Å². The highest BCUT2D eigenvalue weighted by molar-refractivity contribution is 5.90. The molecule has 1 N–H and O–H groups in total. The number of carbonyl (C=O) groups is 2. The molecule has 1 aliphatic rings. The van der Waals surface area contributed by atoms with Gasteiger partial charge in [0.1, 0.15) is 0 Å². The summed E-state index contributed by atoms with van der Waals surface area (Å²) in [4.78, 5) is 20.4. The molecule has 2 atom stereocenters. The molecule has 0 aromatic heterocycles. The van der Waals surface area contributed by atoms with Gasteiger partial charge in [-0.25, -0.2) is 4.79 Å². The van der Waals surface area contributed by atoms with Gasteiger partial charge in [-0.2, -0.15) is 0 Å². The first-order chi connectivity index (χ1) is 7.01. The minimum Gasteiger partial charge on any atom is -0.450 e. The Kier molecular flexibility index (Phi) is 6.75. The molecule has 2 amide bonds. The fourth-order valence-corrected chi connectivity index (χ4v) is 1.28. The summed E-state index contributed by atoms with van der Waals surface area (Å²) in [6, 6.07) is 0. The average Bonchev–Trinajstić information content (AvgIpc) is 2.82. The van der Waals surface area contributed by atoms with Crippen LogP contribution >= 0.6 is 0 Å². The van der Waals surface area contributed by atoms with Crippen molar-refractivity contribution >= 4 is 12.0 Å². The molecule has 4 nitrogen and oxygen atoms in total. The molecule has 1 fully saturated rings. The van der Waals surface area contributed by atoms with Crippen LogP contribution in [-0.2, 0) is 9.53 Å². The predicted octanol–water partition coefficient (Wildman–Crippen LogP) is 2.33. The number of imide groups is 1. The van der Waals surface area contributed by atoms with Crippen LogP contribution < -0.4 is 5.32 Å². The Balaban J connectivity index is 0.000000280. The van der Waals surface area contributed by atoms with Gasteiger partial charge in [0.05, 0.1) is 6.61 Å². The lowest BCUT2D eigenvalue weighted by Gasteiger charge is -1.98. The summed E-state index contributed by atoms with van der Waals surface area (Å²) in [5.74, 6) is 1.76. The molecule has 1 aliphatic carbocycles. The van der Waals surface area contributed by atoms with Gasteiger partial charge in [-0.05, 0) is 25.2 Å². The normalized spacial score (nSPS) is 22.1. The predicted molar refractivity (Wildman–Crippen MR) is 58.4 cm³/mol. The zero-order valence-corrected chi connectivity index (χ0v) is 10.0. The van der Waals surface area contributed by atoms with Crippen molar-refractivity contribution in [2.24, 2.45) is 11.8 Å². The second kappa shape index (κ2) is 7.26. The smallest absolute Gasteiger partial charge is 0.413 e. The van der Waals surface area contributed by atoms with Crippen LogP contribution in [0.3, 0.4) is 0 Å². The first-order valence-corrected chi connectivity index (χ1v) is 5.45. The van der Waals surface area contributed by atoms with Gasteiger partial charge in [-0.3, -0.25) is 10.1 Å². The molecule has 0 aliphatic heterocycles. The summed E-state index contributed by atoms with van der Waals surface area (Å²) in [7, 11) is 0. The number of hydrogen-bond donors (Lipinski definition) is 1. The van der Waals surface area contributed by atoms with Crippen LogP contribution in [0.5, 0.6) is 0 Å². The van der Waals surface area contributed by atoms with Crippen LogP contribution in [0.25, 0.3) is 0 Å². The molecule has 0 radical (unpaired) electrons. The third-order valence-electron chi connectivity index (χ3n) is 2.35. The van der Waals surface area contributed by atoms with E-state index in [2.05, 4.69) is 18.6 Å². The van der Waals surface area contributed by atoms with E-state index in [4.69, 9.17) is 0 Å². The van der Waals surface area contributed by atoms with Gasteiger partial charge in [0, 0.05) is 6.92 Å². The SMILES string of the molecule is CCC1CC1C.CCOC(=O)NC(C)=O. The maximum Gasteiger partial charge on any atom is 0.413 e. The van der Waals surface area contributed by atoms with Gasteiger partial charge in [0.15, 0.2) is 0 Å². The second-order valence-corrected chi connectivity index (χ2v) is 3.78. The molecule has 1 saturated carbocycles. The molecule has 0 spiro atoms. The van der Waals surface area contributed by atoms with Crippen LogP contribution in [0.15, 0.2) is 0 Å². The van der Waals surface area contributed by atoms with E-state index < -0.39 is 12.0 Å². The Bertz CT molecular complexity index is 214. The van der Waals surface area contributed by atoms with Crippen molar-refractivity contribution in [1.29, 1.82) is 0 Å². The highest BCUT2D eigenvalue weighted by Crippen LogP contribution is 2.39. The maximum atomic E-state index is 10.3. The monoisotopic (exact) mass is 215 g/mol. The van der Waals surface area contributed by atoms with E-state index in [1.165, 1.54) is 19.8 Å². The molecule has 2 unspecified atom stereocenters. The largest absolute Gasteiger partial charge is 0.450 e. The van der Waals surface area contributed by atoms with E-state index >= 15 is 0 Å². The Morgan fingerprint density at radius 3 is 2.13 bits per heavy atom. The van der Waals surface area contributed by atoms with Gasteiger partial charge >= 0.3 is 6.09 Å². The van der Waals surface area contributed by atoms with Crippen LogP contribution in [0, 0.1) is 11.8 Å². The molecule has 15 heavy (non-hydrogen) atoms. The van der Waals surface area contributed by atoms with Crippen LogP contribution in [0.1, 0.15) is 40.5 Å². The van der Waals surface area contributed by atoms with Crippen molar-refractivity contribution < 1.29 is 14.3 Å². The molecule has 0 aromatic rings. The Hall–Kier alpha value is -1.06. The standard InChI is InChI=1S/C6H12.C5H9NO3/c1-3-6-4-5(6)2;1-3-9-5(8)6-4(2)7/h5-6H,3-4H2,1-2H3;3H2,1-2H3,(H,6,7,8). The number of alkyl carbamates (subject to hydrolysis) is 1. The lowest BCUT2D eigenvalue weighted by molar-refractivity contribution is -0.118. The van der Waals surface area contributed by atoms with Crippen molar-refractivity contribution in [2.45, 2.75) is 40.5 Å². The molecule has 1 rings (SSSR count). The number of carbonyl (C=O) groups excluding carboxylic acids is 2. The molecule has 0 bridgehead atoms. The van der Waals surface area contributed by atoms with E-state index in [1.807, 2.05) is 5.32 Å². The van der Waals surface area contributed by atoms with Crippen molar-refractivity contribution in [3.05, 3.63) is 0 Å². The molecular weight excluding hydrogens is 194 g/mol. The number of hydrogen-bond acceptors (Lipinski definition) is 3. The summed E-state index contributed by atoms with van der Waals surface area (Å²) in [6.45, 7) is 7.79. The quantitative estimate of drug-likeness (QED) is 0.769. The fraction of sp³-hybridized carbons (Fsp3) is 0.818. The summed E-state index contributed by atoms with van der Waals surface area (Å²) < 4.78 is 4.38. The van der Waals surface area contributed by atoms with Crippen molar-refractivity contribution in [3.8, 4) is 0 Å². The third kappa shape index (κ3) is 7.97. The van der Waals surface area contributed by atoms with E-state index in [0.717, 1.165) is 11.8 Å². The average molecular weight is 215 g/mol. The van der Waals surface area contributed by atoms with Gasteiger partial charge in [0.2, 0.25) is 5.91 Å². The summed E-state index contributed by atoms with van der Waals surface area (Å²) in [5, 5.41) is 1.94. The fourth-order valence-electron chi connectivity index (χ4n) is 1.28. The van der Waals surface area contributed by atoms with Crippen molar-refractivity contribution in [2.75, 3.05) is 6.61 Å². The lowest BCUT2D eigenvalue weighted by Crippen LogP contribution is -2.28. The number of amides is 2. The van der Waals surface area contributed by atoms with E-state index in [0.29, 0.717) is 0 Å². The van der Waals surface area contributed by atoms with Gasteiger partial charge < -0.3 is 4.74 Å². The molecule has 88 valence electrons. The number of nitrogens with one attached hydrogen (secondary N) is 1. The van der Waals surface area contributed by atoms with Gasteiger partial charge in [0.25, 0.3) is 0 Å². The summed E-state index contributed by atoms with van der Waals surface area (Å²) in [6.07, 6.45) is 2.21. The summed E-state index contributed by atoms with van der Waals surface area (Å²) in [5.41, 5.74) is 0. The Morgan fingerprint density at radius 1 is 1.40 bits per heavy atom.